The SMILES string of the molecule is COC(=O)N[C@@H](C(=O)N1CCCC1c1nc2ccc(-c3ccc(-c4ccc5nc([C@@H]6CCCN6C(=O)[C@H](NC(=O)OC)c6ccccc6)[nH]c5c4)cc3)cc2[nH]1)c1ccccc1. The summed E-state index contributed by atoms with van der Waals surface area (Å²) in [5.41, 5.74) is 8.81. The highest BCUT2D eigenvalue weighted by atomic mass is 16.5. The lowest BCUT2D eigenvalue weighted by molar-refractivity contribution is -0.135. The van der Waals surface area contributed by atoms with Gasteiger partial charge in [0.05, 0.1) is 48.4 Å². The number of hydrogen-bond donors (Lipinski definition) is 4. The summed E-state index contributed by atoms with van der Waals surface area (Å²) in [5, 5.41) is 5.45. The van der Waals surface area contributed by atoms with E-state index in [0.717, 1.165) is 70.0 Å². The number of imidazole rings is 2. The fourth-order valence-corrected chi connectivity index (χ4v) is 8.77. The molecule has 2 saturated heterocycles. The van der Waals surface area contributed by atoms with E-state index in [1.54, 1.807) is 9.80 Å². The van der Waals surface area contributed by atoms with Gasteiger partial charge in [-0.3, -0.25) is 9.59 Å². The molecular weight excluding hydrogens is 785 g/mol. The third-order valence-electron chi connectivity index (χ3n) is 11.9. The van der Waals surface area contributed by atoms with Crippen molar-refractivity contribution < 1.29 is 28.7 Å². The van der Waals surface area contributed by atoms with Crippen molar-refractivity contribution >= 4 is 46.1 Å². The number of rotatable bonds is 10. The second kappa shape index (κ2) is 17.2. The van der Waals surface area contributed by atoms with E-state index < -0.39 is 24.3 Å². The van der Waals surface area contributed by atoms with Crippen molar-refractivity contribution in [2.24, 2.45) is 0 Å². The van der Waals surface area contributed by atoms with E-state index in [4.69, 9.17) is 19.4 Å². The van der Waals surface area contributed by atoms with Crippen LogP contribution in [0.3, 0.4) is 0 Å². The van der Waals surface area contributed by atoms with Crippen molar-refractivity contribution in [2.75, 3.05) is 27.3 Å². The van der Waals surface area contributed by atoms with Gasteiger partial charge in [0.2, 0.25) is 0 Å². The number of nitrogens with one attached hydrogen (secondary N) is 4. The van der Waals surface area contributed by atoms with Gasteiger partial charge in [0, 0.05) is 13.1 Å². The molecule has 2 fully saturated rings. The second-order valence-corrected chi connectivity index (χ2v) is 15.6. The summed E-state index contributed by atoms with van der Waals surface area (Å²) in [5.74, 6) is 0.987. The Morgan fingerprint density at radius 3 is 1.34 bits per heavy atom. The number of benzene rings is 5. The van der Waals surface area contributed by atoms with Crippen molar-refractivity contribution in [3.8, 4) is 22.3 Å². The Morgan fingerprint density at radius 1 is 0.565 bits per heavy atom. The number of nitrogens with zero attached hydrogens (tertiary/aromatic N) is 4. The van der Waals surface area contributed by atoms with E-state index in [9.17, 15) is 19.2 Å². The number of hydrogen-bond acceptors (Lipinski definition) is 8. The van der Waals surface area contributed by atoms with E-state index in [1.807, 2.05) is 84.9 Å². The van der Waals surface area contributed by atoms with Crippen LogP contribution in [-0.2, 0) is 19.1 Å². The van der Waals surface area contributed by atoms with Crippen LogP contribution in [0.15, 0.2) is 121 Å². The molecule has 0 aliphatic carbocycles. The highest BCUT2D eigenvalue weighted by Gasteiger charge is 2.38. The smallest absolute Gasteiger partial charge is 0.407 e. The van der Waals surface area contributed by atoms with Gasteiger partial charge in [0.1, 0.15) is 23.7 Å². The minimum Gasteiger partial charge on any atom is -0.453 e. The third-order valence-corrected chi connectivity index (χ3v) is 11.9. The minimum atomic E-state index is -0.889. The molecule has 62 heavy (non-hydrogen) atoms. The van der Waals surface area contributed by atoms with Crippen LogP contribution in [0.5, 0.6) is 0 Å². The van der Waals surface area contributed by atoms with E-state index >= 15 is 0 Å². The zero-order chi connectivity index (χ0) is 42.7. The average molecular weight is 831 g/mol. The number of carbonyl (C=O) groups excluding carboxylic acids is 4. The summed E-state index contributed by atoms with van der Waals surface area (Å²) in [6.07, 6.45) is 1.77. The molecule has 314 valence electrons. The summed E-state index contributed by atoms with van der Waals surface area (Å²) in [6.45, 7) is 1.10. The third kappa shape index (κ3) is 7.94. The summed E-state index contributed by atoms with van der Waals surface area (Å²) >= 11 is 0. The number of likely N-dealkylation sites (tertiary alicyclic amines) is 2. The first-order valence-electron chi connectivity index (χ1n) is 20.8. The maximum Gasteiger partial charge on any atom is 0.407 e. The van der Waals surface area contributed by atoms with Gasteiger partial charge in [0.15, 0.2) is 0 Å². The monoisotopic (exact) mass is 830 g/mol. The van der Waals surface area contributed by atoms with Crippen LogP contribution in [0.25, 0.3) is 44.3 Å². The first-order valence-corrected chi connectivity index (χ1v) is 20.8. The predicted octanol–water partition coefficient (Wildman–Crippen LogP) is 8.29. The van der Waals surface area contributed by atoms with Crippen molar-refractivity contribution in [1.82, 2.24) is 40.4 Å². The standard InChI is InChI=1S/C48H46N8O6/c1-61-47(59)53-41(31-11-5-3-6-12-31)45(57)55-25-9-15-39(55)43-49-35-23-21-33(27-37(35)51-43)29-17-19-30(20-18-29)34-22-24-36-38(28-34)52-44(50-36)40-16-10-26-56(40)46(58)42(54-48(60)62-2)32-13-7-4-8-14-32/h3-8,11-14,17-24,27-28,39-42H,9-10,15-16,25-26H2,1-2H3,(H,49,51)(H,50,52)(H,53,59)(H,54,60)/t39-,40?,41+,42+/m0/s1. The molecule has 0 bridgehead atoms. The molecule has 7 aromatic rings. The van der Waals surface area contributed by atoms with Crippen LogP contribution >= 0.6 is 0 Å². The summed E-state index contributed by atoms with van der Waals surface area (Å²) < 4.78 is 9.69. The molecule has 4 heterocycles. The van der Waals surface area contributed by atoms with Crippen LogP contribution in [0.4, 0.5) is 9.59 Å². The zero-order valence-electron chi connectivity index (χ0n) is 34.3. The topological polar surface area (TPSA) is 175 Å². The van der Waals surface area contributed by atoms with Crippen molar-refractivity contribution in [3.63, 3.8) is 0 Å². The lowest BCUT2D eigenvalue weighted by Crippen LogP contribution is -2.42. The van der Waals surface area contributed by atoms with Crippen molar-refractivity contribution in [1.29, 1.82) is 0 Å². The normalized spacial score (nSPS) is 17.2. The molecule has 14 heteroatoms. The fourth-order valence-electron chi connectivity index (χ4n) is 8.77. The van der Waals surface area contributed by atoms with Crippen LogP contribution in [0.1, 0.15) is 72.6 Å². The quantitative estimate of drug-likeness (QED) is 0.107. The number of aromatic amines is 2. The molecule has 2 aliphatic rings. The zero-order valence-corrected chi connectivity index (χ0v) is 34.3. The van der Waals surface area contributed by atoms with Crippen LogP contribution in [-0.4, -0.2) is 81.0 Å². The second-order valence-electron chi connectivity index (χ2n) is 15.6. The molecule has 2 aliphatic heterocycles. The molecule has 5 aromatic carbocycles. The molecular formula is C48H46N8O6. The highest BCUT2D eigenvalue weighted by Crippen LogP contribution is 2.37. The van der Waals surface area contributed by atoms with Gasteiger partial charge >= 0.3 is 12.2 Å². The molecule has 14 nitrogen and oxygen atoms in total. The Bertz CT molecular complexity index is 2560. The number of amides is 4. The first kappa shape index (κ1) is 40.0. The predicted molar refractivity (Wildman–Crippen MR) is 233 cm³/mol. The lowest BCUT2D eigenvalue weighted by Gasteiger charge is -2.28. The van der Waals surface area contributed by atoms with E-state index in [-0.39, 0.29) is 23.9 Å². The van der Waals surface area contributed by atoms with Gasteiger partial charge in [-0.15, -0.1) is 0 Å². The lowest BCUT2D eigenvalue weighted by atomic mass is 10.00. The summed E-state index contributed by atoms with van der Waals surface area (Å²) in [4.78, 5) is 73.0. The molecule has 4 atom stereocenters. The molecule has 4 N–H and O–H groups in total. The molecule has 2 aromatic heterocycles. The minimum absolute atomic E-state index is 0.214. The Hall–Kier alpha value is -7.48. The first-order chi connectivity index (χ1) is 30.3. The van der Waals surface area contributed by atoms with Crippen LogP contribution < -0.4 is 10.6 Å². The number of H-pyrrole nitrogens is 2. The van der Waals surface area contributed by atoms with Crippen molar-refractivity contribution in [2.45, 2.75) is 49.9 Å². The van der Waals surface area contributed by atoms with Gasteiger partial charge in [-0.2, -0.15) is 0 Å². The largest absolute Gasteiger partial charge is 0.453 e. The summed E-state index contributed by atoms with van der Waals surface area (Å²) in [6, 6.07) is 36.7. The number of aromatic nitrogens is 4. The van der Waals surface area contributed by atoms with Gasteiger partial charge in [0.25, 0.3) is 11.8 Å². The summed E-state index contributed by atoms with van der Waals surface area (Å²) in [7, 11) is 2.56. The Labute approximate surface area is 357 Å². The number of alkyl carbamates (subject to hydrolysis) is 2. The Morgan fingerprint density at radius 2 is 0.952 bits per heavy atom. The molecule has 9 rings (SSSR count). The van der Waals surface area contributed by atoms with Gasteiger partial charge < -0.3 is 39.9 Å². The molecule has 0 saturated carbocycles. The van der Waals surface area contributed by atoms with E-state index in [1.165, 1.54) is 14.2 Å². The molecule has 1 unspecified atom stereocenters. The van der Waals surface area contributed by atoms with Crippen LogP contribution in [0, 0.1) is 0 Å². The molecule has 0 spiro atoms. The van der Waals surface area contributed by atoms with Crippen LogP contribution in [0.2, 0.25) is 0 Å². The van der Waals surface area contributed by atoms with E-state index in [0.29, 0.717) is 35.9 Å². The van der Waals surface area contributed by atoms with Crippen molar-refractivity contribution in [3.05, 3.63) is 144 Å². The maximum atomic E-state index is 14.0. The van der Waals surface area contributed by atoms with E-state index in [2.05, 4.69) is 57.0 Å². The number of carbonyl (C=O) groups is 4. The average Bonchev–Trinajstić information content (AvgIpc) is 4.16. The molecule has 4 amide bonds. The highest BCUT2D eigenvalue weighted by molar-refractivity contribution is 5.89. The van der Waals surface area contributed by atoms with Gasteiger partial charge in [-0.25, -0.2) is 19.6 Å². The number of fused-ring (bicyclic) bond motifs is 2. The Kier molecular flexibility index (Phi) is 11.1. The number of ether oxygens (including phenoxy) is 2. The van der Waals surface area contributed by atoms with Gasteiger partial charge in [-0.1, -0.05) is 97.1 Å². The maximum absolute atomic E-state index is 14.0. The van der Waals surface area contributed by atoms with Gasteiger partial charge in [-0.05, 0) is 83.3 Å². The fraction of sp³-hybridized carbons (Fsp3) is 0.250. The molecule has 0 radical (unpaired) electrons. The number of methoxy groups -OCH3 is 2. The Balaban J connectivity index is 0.910.